The van der Waals surface area contributed by atoms with Crippen molar-refractivity contribution in [1.29, 1.82) is 0 Å². The summed E-state index contributed by atoms with van der Waals surface area (Å²) in [5.41, 5.74) is 6.13. The van der Waals surface area contributed by atoms with E-state index < -0.39 is 0 Å². The average molecular weight is 288 g/mol. The quantitative estimate of drug-likeness (QED) is 0.919. The van der Waals surface area contributed by atoms with Gasteiger partial charge in [-0.3, -0.25) is 4.79 Å². The second kappa shape index (κ2) is 5.50. The van der Waals surface area contributed by atoms with Gasteiger partial charge in [-0.1, -0.05) is 0 Å². The Morgan fingerprint density at radius 3 is 2.75 bits per heavy atom. The van der Waals surface area contributed by atoms with Crippen molar-refractivity contribution in [3.05, 3.63) is 22.4 Å². The minimum absolute atomic E-state index is 0.00449. The van der Waals surface area contributed by atoms with Crippen molar-refractivity contribution >= 4 is 21.8 Å². The third-order valence-corrected chi connectivity index (χ3v) is 2.84. The molecule has 0 unspecified atom stereocenters. The Balaban J connectivity index is 2.98. The van der Waals surface area contributed by atoms with E-state index in [0.29, 0.717) is 18.8 Å². The van der Waals surface area contributed by atoms with Crippen LogP contribution in [0.25, 0.3) is 0 Å². The molecule has 5 heteroatoms. The fourth-order valence-corrected chi connectivity index (χ4v) is 1.97. The third kappa shape index (κ3) is 2.86. The van der Waals surface area contributed by atoms with Gasteiger partial charge in [0.15, 0.2) is 0 Å². The Hall–Kier alpha value is -0.810. The van der Waals surface area contributed by atoms with Crippen LogP contribution in [0.1, 0.15) is 30.4 Å². The summed E-state index contributed by atoms with van der Waals surface area (Å²) in [4.78, 5) is 13.7. The molecule has 0 aliphatic carbocycles. The zero-order valence-electron chi connectivity index (χ0n) is 9.90. The van der Waals surface area contributed by atoms with Gasteiger partial charge in [0.1, 0.15) is 5.69 Å². The van der Waals surface area contributed by atoms with Crippen LogP contribution in [0.2, 0.25) is 0 Å². The van der Waals surface area contributed by atoms with Gasteiger partial charge in [-0.15, -0.1) is 0 Å². The molecule has 0 fully saturated rings. The molecule has 0 radical (unpaired) electrons. The molecule has 1 rings (SSSR count). The summed E-state index contributed by atoms with van der Waals surface area (Å²) in [6, 6.07) is 2.10. The minimum Gasteiger partial charge on any atom is -0.340 e. The van der Waals surface area contributed by atoms with Crippen LogP contribution in [0, 0.1) is 0 Å². The Kier molecular flexibility index (Phi) is 4.56. The summed E-state index contributed by atoms with van der Waals surface area (Å²) in [6.07, 6.45) is 1.92. The van der Waals surface area contributed by atoms with Crippen LogP contribution < -0.4 is 5.73 Å². The zero-order chi connectivity index (χ0) is 12.3. The molecule has 90 valence electrons. The first-order valence-corrected chi connectivity index (χ1v) is 6.09. The molecule has 0 saturated carbocycles. The summed E-state index contributed by atoms with van der Waals surface area (Å²) in [6.45, 7) is 5.14. The molecule has 0 spiro atoms. The van der Waals surface area contributed by atoms with Gasteiger partial charge in [0.05, 0.1) is 0 Å². The second-order valence-electron chi connectivity index (χ2n) is 4.06. The molecule has 1 aromatic heterocycles. The van der Waals surface area contributed by atoms with Crippen LogP contribution in [-0.2, 0) is 0 Å². The molecule has 1 aromatic rings. The van der Waals surface area contributed by atoms with Crippen LogP contribution in [0.3, 0.4) is 0 Å². The monoisotopic (exact) mass is 287 g/mol. The largest absolute Gasteiger partial charge is 0.340 e. The topological polar surface area (TPSA) is 51.3 Å². The van der Waals surface area contributed by atoms with E-state index in [4.69, 9.17) is 5.73 Å². The molecule has 1 amide bonds. The van der Waals surface area contributed by atoms with Gasteiger partial charge in [-0.25, -0.2) is 0 Å². The molecule has 0 aliphatic heterocycles. The van der Waals surface area contributed by atoms with E-state index in [0.717, 1.165) is 4.47 Å². The summed E-state index contributed by atoms with van der Waals surface area (Å²) in [7, 11) is 1.76. The summed E-state index contributed by atoms with van der Waals surface area (Å²) < 4.78 is 2.88. The first kappa shape index (κ1) is 13.3. The van der Waals surface area contributed by atoms with Gasteiger partial charge in [0.25, 0.3) is 5.91 Å². The normalized spacial score (nSPS) is 10.9. The van der Waals surface area contributed by atoms with Gasteiger partial charge in [0, 0.05) is 36.8 Å². The molecule has 0 atom stereocenters. The number of likely N-dealkylation sites (N-methyl/N-ethyl adjacent to an activating group) is 1. The minimum atomic E-state index is 0.00449. The number of hydrogen-bond donors (Lipinski definition) is 1. The molecule has 1 heterocycles. The number of amides is 1. The van der Waals surface area contributed by atoms with Crippen LogP contribution in [0.15, 0.2) is 16.7 Å². The van der Waals surface area contributed by atoms with E-state index in [9.17, 15) is 4.79 Å². The number of nitrogens with two attached hydrogens (primary N) is 1. The molecule has 0 aromatic carbocycles. The maximum absolute atomic E-state index is 12.1. The van der Waals surface area contributed by atoms with E-state index in [-0.39, 0.29) is 11.9 Å². The number of rotatable bonds is 4. The highest BCUT2D eigenvalue weighted by atomic mass is 79.9. The van der Waals surface area contributed by atoms with E-state index >= 15 is 0 Å². The van der Waals surface area contributed by atoms with Gasteiger partial charge in [-0.2, -0.15) is 0 Å². The lowest BCUT2D eigenvalue weighted by atomic mass is 10.3. The summed E-state index contributed by atoms with van der Waals surface area (Å²) in [5, 5.41) is 0. The molecular weight excluding hydrogens is 270 g/mol. The second-order valence-corrected chi connectivity index (χ2v) is 4.98. The fourth-order valence-electron chi connectivity index (χ4n) is 1.53. The number of hydrogen-bond acceptors (Lipinski definition) is 2. The molecule has 2 N–H and O–H groups in total. The van der Waals surface area contributed by atoms with Gasteiger partial charge in [-0.05, 0) is 35.8 Å². The predicted octanol–water partition coefficient (Wildman–Crippen LogP) is 1.86. The molecule has 4 nitrogen and oxygen atoms in total. The lowest BCUT2D eigenvalue weighted by Gasteiger charge is -2.18. The van der Waals surface area contributed by atoms with Crippen molar-refractivity contribution in [1.82, 2.24) is 9.47 Å². The number of nitrogens with zero attached hydrogens (tertiary/aromatic N) is 2. The first-order chi connectivity index (χ1) is 7.47. The number of halogens is 1. The van der Waals surface area contributed by atoms with Crippen molar-refractivity contribution in [2.75, 3.05) is 20.1 Å². The SMILES string of the molecule is CC(C)n1cc(Br)cc1C(=O)N(C)CCN. The predicted molar refractivity (Wildman–Crippen MR) is 68.5 cm³/mol. The third-order valence-electron chi connectivity index (χ3n) is 2.40. The molecule has 16 heavy (non-hydrogen) atoms. The average Bonchev–Trinajstić information content (AvgIpc) is 2.59. The fraction of sp³-hybridized carbons (Fsp3) is 0.545. The van der Waals surface area contributed by atoms with E-state index in [2.05, 4.69) is 15.9 Å². The van der Waals surface area contributed by atoms with Crippen molar-refractivity contribution in [3.8, 4) is 0 Å². The maximum Gasteiger partial charge on any atom is 0.270 e. The van der Waals surface area contributed by atoms with Crippen LogP contribution in [0.5, 0.6) is 0 Å². The highest BCUT2D eigenvalue weighted by molar-refractivity contribution is 9.10. The standard InChI is InChI=1S/C11H18BrN3O/c1-8(2)15-7-9(12)6-10(15)11(16)14(3)5-4-13/h6-8H,4-5,13H2,1-3H3. The number of carbonyl (C=O) groups is 1. The van der Waals surface area contributed by atoms with Crippen molar-refractivity contribution in [3.63, 3.8) is 0 Å². The van der Waals surface area contributed by atoms with Gasteiger partial charge >= 0.3 is 0 Å². The van der Waals surface area contributed by atoms with Crippen molar-refractivity contribution < 1.29 is 4.79 Å². The van der Waals surface area contributed by atoms with Crippen molar-refractivity contribution in [2.24, 2.45) is 5.73 Å². The number of carbonyl (C=O) groups excluding carboxylic acids is 1. The number of aromatic nitrogens is 1. The Bertz CT molecular complexity index is 373. The van der Waals surface area contributed by atoms with Crippen LogP contribution in [0.4, 0.5) is 0 Å². The lowest BCUT2D eigenvalue weighted by Crippen LogP contribution is -2.33. The smallest absolute Gasteiger partial charge is 0.270 e. The van der Waals surface area contributed by atoms with E-state index in [1.54, 1.807) is 11.9 Å². The van der Waals surface area contributed by atoms with Crippen LogP contribution in [-0.4, -0.2) is 35.5 Å². The molecule has 0 saturated heterocycles. The summed E-state index contributed by atoms with van der Waals surface area (Å²) in [5.74, 6) is 0.00449. The Morgan fingerprint density at radius 2 is 2.25 bits per heavy atom. The molecule has 0 bridgehead atoms. The lowest BCUT2D eigenvalue weighted by molar-refractivity contribution is 0.0787. The zero-order valence-corrected chi connectivity index (χ0v) is 11.5. The Morgan fingerprint density at radius 1 is 1.62 bits per heavy atom. The summed E-state index contributed by atoms with van der Waals surface area (Å²) >= 11 is 3.39. The van der Waals surface area contributed by atoms with E-state index in [1.807, 2.05) is 30.7 Å². The van der Waals surface area contributed by atoms with Gasteiger partial charge < -0.3 is 15.2 Å². The highest BCUT2D eigenvalue weighted by Gasteiger charge is 2.17. The van der Waals surface area contributed by atoms with Crippen molar-refractivity contribution in [2.45, 2.75) is 19.9 Å². The molecule has 0 aliphatic rings. The molecular formula is C11H18BrN3O. The first-order valence-electron chi connectivity index (χ1n) is 5.30. The van der Waals surface area contributed by atoms with Gasteiger partial charge in [0.2, 0.25) is 0 Å². The highest BCUT2D eigenvalue weighted by Crippen LogP contribution is 2.20. The Labute approximate surface area is 105 Å². The van der Waals surface area contributed by atoms with E-state index in [1.165, 1.54) is 0 Å². The maximum atomic E-state index is 12.1. The van der Waals surface area contributed by atoms with Crippen LogP contribution >= 0.6 is 15.9 Å².